The highest BCUT2D eigenvalue weighted by molar-refractivity contribution is 6.21. The molecule has 9 aromatic carbocycles. The molecular weight excluding hydrogens is 553 g/mol. The van der Waals surface area contributed by atoms with Crippen LogP contribution < -0.4 is 0 Å². The summed E-state index contributed by atoms with van der Waals surface area (Å²) in [6.45, 7) is 0. The van der Waals surface area contributed by atoms with E-state index in [1.54, 1.807) is 54.6 Å². The van der Waals surface area contributed by atoms with E-state index in [4.69, 9.17) is 21.9 Å². The van der Waals surface area contributed by atoms with Crippen molar-refractivity contribution in [3.63, 3.8) is 0 Å². The first-order valence-corrected chi connectivity index (χ1v) is 14.3. The van der Waals surface area contributed by atoms with Crippen molar-refractivity contribution in [3.05, 3.63) is 182 Å². The predicted octanol–water partition coefficient (Wildman–Crippen LogP) is 13.0. The van der Waals surface area contributed by atoms with Gasteiger partial charge >= 0.3 is 0 Å². The first kappa shape index (κ1) is 13.2. The average Bonchev–Trinajstić information content (AvgIpc) is 3.31. The van der Waals surface area contributed by atoms with Crippen LogP contribution in [0.15, 0.2) is 182 Å². The van der Waals surface area contributed by atoms with Crippen LogP contribution in [0.3, 0.4) is 0 Å². The Bertz CT molecular complexity index is 3570. The molecule has 0 fully saturated rings. The molecule has 0 aliphatic rings. The van der Waals surface area contributed by atoms with Gasteiger partial charge in [0.2, 0.25) is 0 Å². The zero-order valence-electron chi connectivity index (χ0n) is 43.8. The molecule has 0 unspecified atom stereocenters. The van der Waals surface area contributed by atoms with E-state index in [1.807, 2.05) is 6.07 Å². The Morgan fingerprint density at radius 1 is 0.283 bits per heavy atom. The minimum atomic E-state index is -0.762. The van der Waals surface area contributed by atoms with E-state index in [0.29, 0.717) is 27.5 Å². The third kappa shape index (κ3) is 4.23. The molecule has 46 heavy (non-hydrogen) atoms. The summed E-state index contributed by atoms with van der Waals surface area (Å²) < 4.78 is 175. The molecule has 0 aromatic heterocycles. The lowest BCUT2D eigenvalue weighted by Crippen LogP contribution is -1.91. The predicted molar refractivity (Wildman–Crippen MR) is 198 cm³/mol. The second-order valence-corrected chi connectivity index (χ2v) is 10.5. The highest BCUT2D eigenvalue weighted by Gasteiger charge is 2.17. The van der Waals surface area contributed by atoms with E-state index in [1.165, 1.54) is 0 Å². The van der Waals surface area contributed by atoms with Crippen LogP contribution in [0.25, 0.3) is 87.6 Å². The van der Waals surface area contributed by atoms with Gasteiger partial charge in [-0.1, -0.05) is 182 Å². The maximum atomic E-state index is 9.23. The molecule has 0 atom stereocenters. The van der Waals surface area contributed by atoms with Crippen molar-refractivity contribution in [2.24, 2.45) is 0 Å². The van der Waals surface area contributed by atoms with Crippen LogP contribution in [0.4, 0.5) is 0 Å². The second-order valence-electron chi connectivity index (χ2n) is 10.5. The van der Waals surface area contributed by atoms with Crippen molar-refractivity contribution in [3.8, 4) is 44.5 Å². The molecule has 0 N–H and O–H groups in total. The largest absolute Gasteiger partial charge is 0.0629 e. The van der Waals surface area contributed by atoms with Crippen molar-refractivity contribution < 1.29 is 27.4 Å². The monoisotopic (exact) mass is 602 g/mol. The quantitative estimate of drug-likeness (QED) is 0.176. The zero-order valence-corrected chi connectivity index (χ0v) is 23.8. The van der Waals surface area contributed by atoms with Gasteiger partial charge in [-0.15, -0.1) is 0 Å². The van der Waals surface area contributed by atoms with Gasteiger partial charge in [-0.25, -0.2) is 0 Å². The maximum Gasteiger partial charge on any atom is 0.0629 e. The smallest absolute Gasteiger partial charge is 0.0622 e. The third-order valence-electron chi connectivity index (χ3n) is 8.11. The van der Waals surface area contributed by atoms with Crippen LogP contribution in [0.2, 0.25) is 0 Å². The topological polar surface area (TPSA) is 0 Å². The summed E-state index contributed by atoms with van der Waals surface area (Å²) >= 11 is 0. The molecule has 0 aliphatic heterocycles. The number of hydrogen-bond donors (Lipinski definition) is 0. The van der Waals surface area contributed by atoms with Gasteiger partial charge in [0.25, 0.3) is 0 Å². The van der Waals surface area contributed by atoms with E-state index in [9.17, 15) is 5.48 Å². The van der Waals surface area contributed by atoms with Crippen LogP contribution in [-0.4, -0.2) is 0 Å². The highest BCUT2D eigenvalue weighted by atomic mass is 14.2. The molecule has 9 rings (SSSR count). The summed E-state index contributed by atoms with van der Waals surface area (Å²) in [5, 5.41) is -0.153. The molecule has 214 valence electrons. The SMILES string of the molecule is [2H]c1c([2H])c([2H])c(-c2c3c([2H])c([2H])c([2H])c([2H])c3c(-c3ccc(-c4cccc5c(-c6c([2H])c([2H])c([2H])c7c([2H])c([2H])c([2H])c([2H])c67)cccc45)cc3)c3c([2H])c([2H])c([2H])c([2H])c23)c([2H])c1[2H]. The van der Waals surface area contributed by atoms with Crippen LogP contribution in [-0.2, 0) is 0 Å². The summed E-state index contributed by atoms with van der Waals surface area (Å²) in [7, 11) is 0. The van der Waals surface area contributed by atoms with Gasteiger partial charge in [-0.3, -0.25) is 0 Å². The van der Waals surface area contributed by atoms with E-state index in [-0.39, 0.29) is 54.6 Å². The Hall–Kier alpha value is -5.98. The van der Waals surface area contributed by atoms with Crippen LogP contribution >= 0.6 is 0 Å². The first-order chi connectivity index (χ1) is 31.1. The van der Waals surface area contributed by atoms with Gasteiger partial charge < -0.3 is 0 Å². The maximum absolute atomic E-state index is 9.23. The number of hydrogen-bond acceptors (Lipinski definition) is 0. The minimum Gasteiger partial charge on any atom is -0.0622 e. The fourth-order valence-corrected chi connectivity index (χ4v) is 6.15. The molecule has 0 radical (unpaired) electrons. The van der Waals surface area contributed by atoms with Gasteiger partial charge in [-0.2, -0.15) is 0 Å². The van der Waals surface area contributed by atoms with Crippen molar-refractivity contribution in [1.29, 1.82) is 0 Å². The Morgan fingerprint density at radius 2 is 0.761 bits per heavy atom. The lowest BCUT2D eigenvalue weighted by atomic mass is 9.85. The summed E-state index contributed by atoms with van der Waals surface area (Å²) in [6.07, 6.45) is 0. The van der Waals surface area contributed by atoms with Gasteiger partial charge in [0.1, 0.15) is 0 Å². The zero-order chi connectivity index (χ0) is 47.9. The van der Waals surface area contributed by atoms with Gasteiger partial charge in [0, 0.05) is 0 Å². The molecule has 0 saturated carbocycles. The standard InChI is InChI=1S/C46H30/c1-2-14-33(15-3-1)45-41-18-6-8-20-43(41)46(44-21-9-7-19-42(44)45)34-29-27-32(28-30-34)36-22-11-25-39-38(36)24-12-26-40(39)37-23-10-16-31-13-4-5-17-35(31)37/h1-30H/i1D,2D,3D,4D,5D,6D,7D,8D,9D,10D,13D,14D,15D,16D,17D,18D,19D,20D,21D,23D. The Balaban J connectivity index is 1.35. The average molecular weight is 603 g/mol. The van der Waals surface area contributed by atoms with E-state index in [0.717, 1.165) is 0 Å². The normalized spacial score (nSPS) is 17.6. The van der Waals surface area contributed by atoms with Crippen molar-refractivity contribution >= 4 is 43.1 Å². The Kier molecular flexibility index (Phi) is 3.11. The Labute approximate surface area is 296 Å². The molecule has 0 spiro atoms. The highest BCUT2D eigenvalue weighted by Crippen LogP contribution is 2.44. The summed E-state index contributed by atoms with van der Waals surface area (Å²) in [5.41, 5.74) is 0.990. The molecular formula is C46H30. The van der Waals surface area contributed by atoms with Crippen LogP contribution in [0, 0.1) is 0 Å². The summed E-state index contributed by atoms with van der Waals surface area (Å²) in [6, 6.07) is 4.46. The molecule has 0 nitrogen and oxygen atoms in total. The van der Waals surface area contributed by atoms with Gasteiger partial charge in [-0.05, 0) is 87.6 Å². The number of fused-ring (bicyclic) bond motifs is 4. The van der Waals surface area contributed by atoms with E-state index < -0.39 is 126 Å². The van der Waals surface area contributed by atoms with Crippen molar-refractivity contribution in [1.82, 2.24) is 0 Å². The van der Waals surface area contributed by atoms with Gasteiger partial charge in [0.15, 0.2) is 0 Å². The van der Waals surface area contributed by atoms with Crippen LogP contribution in [0.1, 0.15) is 27.4 Å². The summed E-state index contributed by atoms with van der Waals surface area (Å²) in [4.78, 5) is 0. The molecule has 9 aromatic rings. The lowest BCUT2D eigenvalue weighted by molar-refractivity contribution is 1.63. The molecule has 0 bridgehead atoms. The van der Waals surface area contributed by atoms with E-state index in [2.05, 4.69) is 0 Å². The fourth-order valence-electron chi connectivity index (χ4n) is 6.15. The molecule has 0 amide bonds. The molecule has 0 aliphatic carbocycles. The fraction of sp³-hybridized carbons (Fsp3) is 0. The van der Waals surface area contributed by atoms with Crippen LogP contribution in [0.5, 0.6) is 0 Å². The summed E-state index contributed by atoms with van der Waals surface area (Å²) in [5.74, 6) is 0. The molecule has 0 saturated heterocycles. The van der Waals surface area contributed by atoms with Crippen molar-refractivity contribution in [2.45, 2.75) is 0 Å². The van der Waals surface area contributed by atoms with Gasteiger partial charge in [0.05, 0.1) is 27.4 Å². The second kappa shape index (κ2) is 10.9. The third-order valence-corrected chi connectivity index (χ3v) is 8.11. The lowest BCUT2D eigenvalue weighted by Gasteiger charge is -2.18. The van der Waals surface area contributed by atoms with E-state index >= 15 is 0 Å². The number of benzene rings is 9. The Morgan fingerprint density at radius 3 is 1.41 bits per heavy atom. The van der Waals surface area contributed by atoms with Crippen molar-refractivity contribution in [2.75, 3.05) is 0 Å². The minimum absolute atomic E-state index is 0.0228. The number of rotatable bonds is 4. The molecule has 0 heterocycles. The first-order valence-electron chi connectivity index (χ1n) is 24.3. The molecule has 0 heteroatoms.